The van der Waals surface area contributed by atoms with Crippen molar-refractivity contribution < 1.29 is 9.59 Å². The number of hydrogen-bond donors (Lipinski definition) is 2. The predicted octanol–water partition coefficient (Wildman–Crippen LogP) is 2.51. The van der Waals surface area contributed by atoms with E-state index in [1.165, 1.54) is 0 Å². The molecule has 0 fully saturated rings. The van der Waals surface area contributed by atoms with Gasteiger partial charge in [0.05, 0.1) is 11.0 Å². The molecule has 1 aromatic heterocycles. The van der Waals surface area contributed by atoms with Crippen LogP contribution in [0.5, 0.6) is 0 Å². The van der Waals surface area contributed by atoms with Gasteiger partial charge in [0.15, 0.2) is 0 Å². The summed E-state index contributed by atoms with van der Waals surface area (Å²) in [6.07, 6.45) is 1.47. The highest BCUT2D eigenvalue weighted by Crippen LogP contribution is 2.27. The first-order chi connectivity index (χ1) is 12.5. The number of hydrogen-bond acceptors (Lipinski definition) is 3. The first kappa shape index (κ1) is 18.2. The van der Waals surface area contributed by atoms with Crippen molar-refractivity contribution in [2.75, 3.05) is 18.0 Å². The van der Waals surface area contributed by atoms with E-state index in [0.29, 0.717) is 37.9 Å². The highest BCUT2D eigenvalue weighted by Gasteiger charge is 2.31. The molecule has 2 heterocycles. The van der Waals surface area contributed by atoms with Crippen LogP contribution in [0.2, 0.25) is 0 Å². The van der Waals surface area contributed by atoms with E-state index in [1.807, 2.05) is 49.6 Å². The summed E-state index contributed by atoms with van der Waals surface area (Å²) in [6.45, 7) is 7.97. The van der Waals surface area contributed by atoms with Crippen LogP contribution in [0.3, 0.4) is 0 Å². The SMILES string of the molecule is CCCNC(=O)C(CC(C)C)NC(=O)N1CCn2c1nc1ccccc12. The smallest absolute Gasteiger partial charge is 0.324 e. The third kappa shape index (κ3) is 3.66. The Morgan fingerprint density at radius 2 is 2.00 bits per heavy atom. The summed E-state index contributed by atoms with van der Waals surface area (Å²) in [5.41, 5.74) is 1.90. The third-order valence-electron chi connectivity index (χ3n) is 4.54. The number of nitrogens with one attached hydrogen (secondary N) is 2. The largest absolute Gasteiger partial charge is 0.354 e. The summed E-state index contributed by atoms with van der Waals surface area (Å²) < 4.78 is 2.05. The Morgan fingerprint density at radius 1 is 1.23 bits per heavy atom. The van der Waals surface area contributed by atoms with Crippen molar-refractivity contribution in [2.45, 2.75) is 46.2 Å². The van der Waals surface area contributed by atoms with E-state index in [2.05, 4.69) is 15.6 Å². The zero-order valence-electron chi connectivity index (χ0n) is 15.7. The Labute approximate surface area is 153 Å². The molecule has 3 amide bonds. The van der Waals surface area contributed by atoms with Gasteiger partial charge in [-0.2, -0.15) is 0 Å². The monoisotopic (exact) mass is 357 g/mol. The number of urea groups is 1. The van der Waals surface area contributed by atoms with Crippen LogP contribution in [0.15, 0.2) is 24.3 Å². The van der Waals surface area contributed by atoms with E-state index in [4.69, 9.17) is 0 Å². The standard InChI is InChI=1S/C19H27N5O2/c1-4-9-20-17(25)15(12-13(2)3)22-19(26)24-11-10-23-16-8-6-5-7-14(16)21-18(23)24/h5-8,13,15H,4,9-12H2,1-3H3,(H,20,25)(H,22,26). The molecule has 1 aliphatic heterocycles. The average Bonchev–Trinajstić information content (AvgIpc) is 3.17. The summed E-state index contributed by atoms with van der Waals surface area (Å²) in [5, 5.41) is 5.79. The number of benzene rings is 1. The fraction of sp³-hybridized carbons (Fsp3) is 0.526. The molecule has 3 rings (SSSR count). The number of carbonyl (C=O) groups excluding carboxylic acids is 2. The number of anilines is 1. The van der Waals surface area contributed by atoms with Crippen LogP contribution >= 0.6 is 0 Å². The summed E-state index contributed by atoms with van der Waals surface area (Å²) in [6, 6.07) is 7.05. The van der Waals surface area contributed by atoms with Crippen molar-refractivity contribution in [3.63, 3.8) is 0 Å². The second-order valence-electron chi connectivity index (χ2n) is 7.13. The van der Waals surface area contributed by atoms with Crippen LogP contribution in [-0.2, 0) is 11.3 Å². The lowest BCUT2D eigenvalue weighted by molar-refractivity contribution is -0.123. The first-order valence-corrected chi connectivity index (χ1v) is 9.32. The van der Waals surface area contributed by atoms with Crippen molar-refractivity contribution in [1.29, 1.82) is 0 Å². The summed E-state index contributed by atoms with van der Waals surface area (Å²) in [5.74, 6) is 0.818. The fourth-order valence-corrected chi connectivity index (χ4v) is 3.28. The van der Waals surface area contributed by atoms with Crippen LogP contribution in [0.25, 0.3) is 11.0 Å². The van der Waals surface area contributed by atoms with Gasteiger partial charge in [-0.3, -0.25) is 9.69 Å². The summed E-state index contributed by atoms with van der Waals surface area (Å²) in [7, 11) is 0. The lowest BCUT2D eigenvalue weighted by Gasteiger charge is -2.23. The molecule has 26 heavy (non-hydrogen) atoms. The fourth-order valence-electron chi connectivity index (χ4n) is 3.28. The molecule has 1 aliphatic rings. The highest BCUT2D eigenvalue weighted by molar-refractivity contribution is 5.96. The minimum atomic E-state index is -0.535. The molecule has 1 unspecified atom stereocenters. The Morgan fingerprint density at radius 3 is 2.73 bits per heavy atom. The van der Waals surface area contributed by atoms with Crippen LogP contribution in [-0.4, -0.2) is 40.6 Å². The van der Waals surface area contributed by atoms with Crippen molar-refractivity contribution in [2.24, 2.45) is 5.92 Å². The topological polar surface area (TPSA) is 79.3 Å². The minimum Gasteiger partial charge on any atom is -0.354 e. The van der Waals surface area contributed by atoms with Gasteiger partial charge in [0.2, 0.25) is 11.9 Å². The number of rotatable bonds is 6. The second kappa shape index (κ2) is 7.76. The molecular weight excluding hydrogens is 330 g/mol. The van der Waals surface area contributed by atoms with Gasteiger partial charge in [-0.05, 0) is 30.9 Å². The number of carbonyl (C=O) groups is 2. The van der Waals surface area contributed by atoms with E-state index < -0.39 is 6.04 Å². The highest BCUT2D eigenvalue weighted by atomic mass is 16.2. The molecule has 1 aromatic carbocycles. The van der Waals surface area contributed by atoms with Crippen LogP contribution in [0, 0.1) is 5.92 Å². The molecule has 0 radical (unpaired) electrons. The molecule has 0 bridgehead atoms. The number of amides is 3. The Kier molecular flexibility index (Phi) is 5.44. The van der Waals surface area contributed by atoms with E-state index in [0.717, 1.165) is 17.5 Å². The molecule has 0 aliphatic carbocycles. The lowest BCUT2D eigenvalue weighted by atomic mass is 10.0. The molecule has 7 heteroatoms. The van der Waals surface area contributed by atoms with E-state index in [-0.39, 0.29) is 11.9 Å². The van der Waals surface area contributed by atoms with Crippen molar-refractivity contribution >= 4 is 28.9 Å². The van der Waals surface area contributed by atoms with Crippen molar-refractivity contribution in [1.82, 2.24) is 20.2 Å². The summed E-state index contributed by atoms with van der Waals surface area (Å²) in [4.78, 5) is 31.5. The van der Waals surface area contributed by atoms with Crippen molar-refractivity contribution in [3.05, 3.63) is 24.3 Å². The first-order valence-electron chi connectivity index (χ1n) is 9.32. The maximum atomic E-state index is 12.8. The molecular formula is C19H27N5O2. The minimum absolute atomic E-state index is 0.124. The van der Waals surface area contributed by atoms with Gasteiger partial charge in [-0.1, -0.05) is 32.9 Å². The zero-order chi connectivity index (χ0) is 18.7. The van der Waals surface area contributed by atoms with Crippen molar-refractivity contribution in [3.8, 4) is 0 Å². The predicted molar refractivity (Wildman–Crippen MR) is 102 cm³/mol. The van der Waals surface area contributed by atoms with Crippen LogP contribution in [0.4, 0.5) is 10.7 Å². The number of aromatic nitrogens is 2. The van der Waals surface area contributed by atoms with E-state index in [9.17, 15) is 9.59 Å². The molecule has 140 valence electrons. The second-order valence-corrected chi connectivity index (χ2v) is 7.13. The van der Waals surface area contributed by atoms with Gasteiger partial charge in [-0.25, -0.2) is 9.78 Å². The number of fused-ring (bicyclic) bond motifs is 3. The molecule has 7 nitrogen and oxygen atoms in total. The molecule has 1 atom stereocenters. The van der Waals surface area contributed by atoms with Gasteiger partial charge in [0.25, 0.3) is 0 Å². The van der Waals surface area contributed by atoms with Gasteiger partial charge in [-0.15, -0.1) is 0 Å². The molecule has 2 aromatic rings. The Bertz CT molecular complexity index is 798. The zero-order valence-corrected chi connectivity index (χ0v) is 15.7. The molecule has 2 N–H and O–H groups in total. The maximum absolute atomic E-state index is 12.8. The Hall–Kier alpha value is -2.57. The lowest BCUT2D eigenvalue weighted by Crippen LogP contribution is -2.51. The quantitative estimate of drug-likeness (QED) is 0.834. The Balaban J connectivity index is 1.75. The maximum Gasteiger partial charge on any atom is 0.324 e. The normalized spacial score (nSPS) is 14.5. The van der Waals surface area contributed by atoms with Gasteiger partial charge < -0.3 is 15.2 Å². The van der Waals surface area contributed by atoms with Gasteiger partial charge in [0.1, 0.15) is 6.04 Å². The molecule has 0 spiro atoms. The van der Waals surface area contributed by atoms with Gasteiger partial charge in [0, 0.05) is 19.6 Å². The number of imidazole rings is 1. The molecule has 0 saturated carbocycles. The number of nitrogens with zero attached hydrogens (tertiary/aromatic N) is 3. The average molecular weight is 357 g/mol. The summed E-state index contributed by atoms with van der Waals surface area (Å²) >= 11 is 0. The van der Waals surface area contributed by atoms with Crippen LogP contribution < -0.4 is 15.5 Å². The third-order valence-corrected chi connectivity index (χ3v) is 4.54. The van der Waals surface area contributed by atoms with E-state index in [1.54, 1.807) is 4.90 Å². The van der Waals surface area contributed by atoms with Crippen LogP contribution in [0.1, 0.15) is 33.6 Å². The molecule has 0 saturated heterocycles. The van der Waals surface area contributed by atoms with Gasteiger partial charge >= 0.3 is 6.03 Å². The van der Waals surface area contributed by atoms with E-state index >= 15 is 0 Å². The number of para-hydroxylation sites is 2.